The standard InChI is InChI=1S/C10H10F3NO3/c1-2-17-8(15)3-6-4-14-5-7(9(6)16)10(11,12)13/h4-5H,2-3H2,1H3,(H,14,16). The Morgan fingerprint density at radius 2 is 2.06 bits per heavy atom. The van der Waals surface area contributed by atoms with Crippen molar-refractivity contribution in [2.24, 2.45) is 0 Å². The quantitative estimate of drug-likeness (QED) is 0.826. The summed E-state index contributed by atoms with van der Waals surface area (Å²) in [5.41, 5.74) is -2.79. The molecule has 0 spiro atoms. The lowest BCUT2D eigenvalue weighted by Gasteiger charge is -2.07. The zero-order valence-electron chi connectivity index (χ0n) is 8.93. The SMILES string of the molecule is CCOC(=O)Cc1c[nH]cc(C(F)(F)F)c1=O. The fourth-order valence-corrected chi connectivity index (χ4v) is 1.24. The lowest BCUT2D eigenvalue weighted by atomic mass is 10.1. The van der Waals surface area contributed by atoms with Crippen LogP contribution in [-0.2, 0) is 22.1 Å². The topological polar surface area (TPSA) is 59.2 Å². The normalized spacial score (nSPS) is 11.3. The van der Waals surface area contributed by atoms with Gasteiger partial charge in [-0.05, 0) is 6.92 Å². The Morgan fingerprint density at radius 1 is 1.41 bits per heavy atom. The molecule has 1 heterocycles. The van der Waals surface area contributed by atoms with E-state index >= 15 is 0 Å². The Kier molecular flexibility index (Phi) is 3.93. The number of H-pyrrole nitrogens is 1. The van der Waals surface area contributed by atoms with Gasteiger partial charge in [-0.2, -0.15) is 13.2 Å². The van der Waals surface area contributed by atoms with Crippen LogP contribution in [0.4, 0.5) is 13.2 Å². The van der Waals surface area contributed by atoms with Gasteiger partial charge < -0.3 is 9.72 Å². The Morgan fingerprint density at radius 3 is 2.59 bits per heavy atom. The summed E-state index contributed by atoms with van der Waals surface area (Å²) >= 11 is 0. The average molecular weight is 249 g/mol. The minimum Gasteiger partial charge on any atom is -0.466 e. The number of pyridine rings is 1. The highest BCUT2D eigenvalue weighted by molar-refractivity contribution is 5.72. The number of rotatable bonds is 3. The van der Waals surface area contributed by atoms with E-state index in [4.69, 9.17) is 0 Å². The number of hydrogen-bond donors (Lipinski definition) is 1. The zero-order chi connectivity index (χ0) is 13.1. The van der Waals surface area contributed by atoms with E-state index in [0.717, 1.165) is 6.20 Å². The third-order valence-electron chi connectivity index (χ3n) is 1.97. The van der Waals surface area contributed by atoms with Gasteiger partial charge in [-0.3, -0.25) is 9.59 Å². The predicted molar refractivity (Wildman–Crippen MR) is 52.4 cm³/mol. The number of halogens is 3. The van der Waals surface area contributed by atoms with Crippen molar-refractivity contribution in [2.45, 2.75) is 19.5 Å². The zero-order valence-corrected chi connectivity index (χ0v) is 8.93. The maximum atomic E-state index is 12.4. The maximum absolute atomic E-state index is 12.4. The summed E-state index contributed by atoms with van der Waals surface area (Å²) in [5.74, 6) is -0.739. The van der Waals surface area contributed by atoms with Crippen LogP contribution in [0.5, 0.6) is 0 Å². The van der Waals surface area contributed by atoms with Gasteiger partial charge in [0, 0.05) is 18.0 Å². The molecular formula is C10H10F3NO3. The van der Waals surface area contributed by atoms with Crippen LogP contribution in [0, 0.1) is 0 Å². The third-order valence-corrected chi connectivity index (χ3v) is 1.97. The highest BCUT2D eigenvalue weighted by Gasteiger charge is 2.34. The lowest BCUT2D eigenvalue weighted by molar-refractivity contribution is -0.143. The number of carbonyl (C=O) groups is 1. The first-order chi connectivity index (χ1) is 7.86. The van der Waals surface area contributed by atoms with Gasteiger partial charge >= 0.3 is 12.1 Å². The van der Waals surface area contributed by atoms with Crippen molar-refractivity contribution < 1.29 is 22.7 Å². The fourth-order valence-electron chi connectivity index (χ4n) is 1.24. The predicted octanol–water partition coefficient (Wildman–Crippen LogP) is 1.50. The van der Waals surface area contributed by atoms with Crippen LogP contribution in [0.25, 0.3) is 0 Å². The monoisotopic (exact) mass is 249 g/mol. The lowest BCUT2D eigenvalue weighted by Crippen LogP contribution is -2.24. The van der Waals surface area contributed by atoms with Crippen LogP contribution in [0.2, 0.25) is 0 Å². The second-order valence-electron chi connectivity index (χ2n) is 3.20. The number of hydrogen-bond acceptors (Lipinski definition) is 3. The van der Waals surface area contributed by atoms with E-state index in [2.05, 4.69) is 9.72 Å². The largest absolute Gasteiger partial charge is 0.466 e. The molecule has 0 aliphatic heterocycles. The van der Waals surface area contributed by atoms with Crippen LogP contribution in [-0.4, -0.2) is 17.6 Å². The molecule has 17 heavy (non-hydrogen) atoms. The molecule has 0 atom stereocenters. The van der Waals surface area contributed by atoms with Crippen LogP contribution < -0.4 is 5.43 Å². The average Bonchev–Trinajstić information content (AvgIpc) is 2.19. The van der Waals surface area contributed by atoms with Gasteiger partial charge in [-0.25, -0.2) is 0 Å². The molecule has 0 aromatic carbocycles. The Hall–Kier alpha value is -1.79. The van der Waals surface area contributed by atoms with Crippen LogP contribution in [0.1, 0.15) is 18.1 Å². The molecule has 0 amide bonds. The summed E-state index contributed by atoms with van der Waals surface area (Å²) < 4.78 is 41.7. The van der Waals surface area contributed by atoms with Crippen LogP contribution in [0.3, 0.4) is 0 Å². The molecule has 1 N–H and O–H groups in total. The molecule has 0 bridgehead atoms. The fraction of sp³-hybridized carbons (Fsp3) is 0.400. The van der Waals surface area contributed by atoms with Gasteiger partial charge in [0.05, 0.1) is 13.0 Å². The third kappa shape index (κ3) is 3.33. The Bertz CT molecular complexity index is 465. The summed E-state index contributed by atoms with van der Waals surface area (Å²) in [7, 11) is 0. The molecule has 0 saturated heterocycles. The smallest absolute Gasteiger partial charge is 0.421 e. The minimum atomic E-state index is -4.74. The van der Waals surface area contributed by atoms with Crippen LogP contribution >= 0.6 is 0 Å². The number of esters is 1. The van der Waals surface area contributed by atoms with Gasteiger partial charge in [0.15, 0.2) is 5.43 Å². The molecule has 1 rings (SSSR count). The molecule has 1 aromatic heterocycles. The molecule has 0 fully saturated rings. The highest BCUT2D eigenvalue weighted by Crippen LogP contribution is 2.25. The van der Waals surface area contributed by atoms with E-state index in [-0.39, 0.29) is 12.2 Å². The molecule has 0 unspecified atom stereocenters. The second kappa shape index (κ2) is 5.03. The first-order valence-corrected chi connectivity index (χ1v) is 4.79. The van der Waals surface area contributed by atoms with Crippen molar-refractivity contribution in [3.63, 3.8) is 0 Å². The van der Waals surface area contributed by atoms with Gasteiger partial charge in [0.25, 0.3) is 0 Å². The molecule has 1 aromatic rings. The van der Waals surface area contributed by atoms with E-state index in [1.165, 1.54) is 0 Å². The van der Waals surface area contributed by atoms with E-state index in [1.807, 2.05) is 0 Å². The van der Waals surface area contributed by atoms with Crippen molar-refractivity contribution in [1.29, 1.82) is 0 Å². The van der Waals surface area contributed by atoms with E-state index < -0.39 is 29.6 Å². The van der Waals surface area contributed by atoms with E-state index in [0.29, 0.717) is 6.20 Å². The molecule has 7 heteroatoms. The van der Waals surface area contributed by atoms with Gasteiger partial charge in [0.2, 0.25) is 0 Å². The van der Waals surface area contributed by atoms with E-state index in [9.17, 15) is 22.8 Å². The summed E-state index contributed by atoms with van der Waals surface area (Å²) in [4.78, 5) is 24.7. The molecule has 0 aliphatic rings. The summed E-state index contributed by atoms with van der Waals surface area (Å²) in [6, 6.07) is 0. The molecule has 0 radical (unpaired) electrons. The molecule has 4 nitrogen and oxygen atoms in total. The Labute approximate surface area is 94.4 Å². The van der Waals surface area contributed by atoms with Gasteiger partial charge in [-0.15, -0.1) is 0 Å². The number of alkyl halides is 3. The summed E-state index contributed by atoms with van der Waals surface area (Å²) in [6.07, 6.45) is -3.59. The van der Waals surface area contributed by atoms with E-state index in [1.54, 1.807) is 6.92 Å². The van der Waals surface area contributed by atoms with Crippen molar-refractivity contribution >= 4 is 5.97 Å². The maximum Gasteiger partial charge on any atom is 0.421 e. The van der Waals surface area contributed by atoms with Gasteiger partial charge in [0.1, 0.15) is 5.56 Å². The molecular weight excluding hydrogens is 239 g/mol. The van der Waals surface area contributed by atoms with Crippen molar-refractivity contribution in [3.8, 4) is 0 Å². The minimum absolute atomic E-state index is 0.107. The molecule has 0 aliphatic carbocycles. The number of aromatic amines is 1. The number of ether oxygens (including phenoxy) is 1. The first-order valence-electron chi connectivity index (χ1n) is 4.79. The van der Waals surface area contributed by atoms with Gasteiger partial charge in [-0.1, -0.05) is 0 Å². The Balaban J connectivity index is 3.04. The van der Waals surface area contributed by atoms with Crippen molar-refractivity contribution in [1.82, 2.24) is 4.98 Å². The molecule has 0 saturated carbocycles. The number of carbonyl (C=O) groups excluding carboxylic acids is 1. The highest BCUT2D eigenvalue weighted by atomic mass is 19.4. The summed E-state index contributed by atoms with van der Waals surface area (Å²) in [5, 5.41) is 0. The number of aromatic nitrogens is 1. The van der Waals surface area contributed by atoms with Crippen LogP contribution in [0.15, 0.2) is 17.2 Å². The summed E-state index contributed by atoms with van der Waals surface area (Å²) in [6.45, 7) is 1.67. The number of nitrogens with one attached hydrogen (secondary N) is 1. The second-order valence-corrected chi connectivity index (χ2v) is 3.20. The molecule has 94 valence electrons. The van der Waals surface area contributed by atoms with Crippen molar-refractivity contribution in [3.05, 3.63) is 33.7 Å². The first kappa shape index (κ1) is 13.3. The van der Waals surface area contributed by atoms with Crippen molar-refractivity contribution in [2.75, 3.05) is 6.61 Å².